The van der Waals surface area contributed by atoms with Crippen molar-refractivity contribution in [2.75, 3.05) is 5.73 Å². The van der Waals surface area contributed by atoms with E-state index in [0.29, 0.717) is 0 Å². The molecule has 0 fully saturated rings. The van der Waals surface area contributed by atoms with E-state index in [9.17, 15) is 5.11 Å². The quantitative estimate of drug-likeness (QED) is 0.212. The molecule has 0 saturated carbocycles. The van der Waals surface area contributed by atoms with Crippen LogP contribution in [0.5, 0.6) is 5.75 Å². The van der Waals surface area contributed by atoms with Gasteiger partial charge in [-0.25, -0.2) is 0 Å². The predicted octanol–water partition coefficient (Wildman–Crippen LogP) is 0.567. The Bertz CT molecular complexity index is 333. The number of hydrogen-bond donors (Lipinski definition) is 4. The van der Waals surface area contributed by atoms with Crippen molar-refractivity contribution in [1.29, 1.82) is 5.41 Å². The number of nitrogens with one attached hydrogen (secondary N) is 1. The van der Waals surface area contributed by atoms with E-state index >= 15 is 0 Å². The molecule has 0 unspecified atom stereocenters. The molecule has 4 heteroatoms. The van der Waals surface area contributed by atoms with Crippen molar-refractivity contribution in [1.82, 2.24) is 0 Å². The van der Waals surface area contributed by atoms with E-state index in [1.54, 1.807) is 19.1 Å². The van der Waals surface area contributed by atoms with Crippen LogP contribution in [0.25, 0.3) is 0 Å². The SMILES string of the molecule is Cc1ccc(C(=N)N)c(O)c1N. The summed E-state index contributed by atoms with van der Waals surface area (Å²) in [6.07, 6.45) is 0. The molecule has 1 rings (SSSR count). The molecule has 6 N–H and O–H groups in total. The molecule has 0 heterocycles. The Hall–Kier alpha value is -1.71. The second kappa shape index (κ2) is 2.73. The van der Waals surface area contributed by atoms with Crippen LogP contribution in [0.15, 0.2) is 12.1 Å². The molecule has 64 valence electrons. The Labute approximate surface area is 70.3 Å². The van der Waals surface area contributed by atoms with E-state index in [-0.39, 0.29) is 22.8 Å². The molecular formula is C8H11N3O. The van der Waals surface area contributed by atoms with Gasteiger partial charge in [0.25, 0.3) is 0 Å². The highest BCUT2D eigenvalue weighted by Gasteiger charge is 2.08. The Kier molecular flexibility index (Phi) is 1.91. The lowest BCUT2D eigenvalue weighted by Gasteiger charge is -2.07. The van der Waals surface area contributed by atoms with Crippen molar-refractivity contribution in [3.8, 4) is 5.75 Å². The Balaban J connectivity index is 3.36. The number of hydrogen-bond acceptors (Lipinski definition) is 3. The minimum absolute atomic E-state index is 0.109. The third-order valence-electron chi connectivity index (χ3n) is 1.73. The molecule has 0 aliphatic heterocycles. The first-order valence-corrected chi connectivity index (χ1v) is 3.46. The lowest BCUT2D eigenvalue weighted by atomic mass is 10.1. The normalized spacial score (nSPS) is 9.75. The van der Waals surface area contributed by atoms with Gasteiger partial charge in [0, 0.05) is 0 Å². The number of aryl methyl sites for hydroxylation is 1. The summed E-state index contributed by atoms with van der Waals surface area (Å²) >= 11 is 0. The summed E-state index contributed by atoms with van der Waals surface area (Å²) in [6.45, 7) is 1.78. The molecule has 1 aromatic carbocycles. The molecular weight excluding hydrogens is 154 g/mol. The number of amidine groups is 1. The highest BCUT2D eigenvalue weighted by Crippen LogP contribution is 2.27. The maximum absolute atomic E-state index is 9.40. The highest BCUT2D eigenvalue weighted by atomic mass is 16.3. The Morgan fingerprint density at radius 3 is 2.58 bits per heavy atom. The van der Waals surface area contributed by atoms with Crippen LogP contribution >= 0.6 is 0 Å². The van der Waals surface area contributed by atoms with Gasteiger partial charge in [-0.1, -0.05) is 6.07 Å². The van der Waals surface area contributed by atoms with Gasteiger partial charge in [-0.2, -0.15) is 0 Å². The summed E-state index contributed by atoms with van der Waals surface area (Å²) < 4.78 is 0. The standard InChI is InChI=1S/C8H11N3O/c1-4-2-3-5(8(10)11)7(12)6(4)9/h2-3,12H,9H2,1H3,(H3,10,11). The van der Waals surface area contributed by atoms with Crippen LogP contribution < -0.4 is 11.5 Å². The molecule has 0 spiro atoms. The molecule has 12 heavy (non-hydrogen) atoms. The van der Waals surface area contributed by atoms with Crippen molar-refractivity contribution in [2.45, 2.75) is 6.92 Å². The maximum Gasteiger partial charge on any atom is 0.149 e. The first-order chi connectivity index (χ1) is 5.54. The van der Waals surface area contributed by atoms with Crippen LogP contribution in [0.3, 0.4) is 0 Å². The lowest BCUT2D eigenvalue weighted by molar-refractivity contribution is 0.476. The van der Waals surface area contributed by atoms with Gasteiger partial charge in [-0.3, -0.25) is 5.41 Å². The van der Waals surface area contributed by atoms with Gasteiger partial charge < -0.3 is 16.6 Å². The van der Waals surface area contributed by atoms with Crippen molar-refractivity contribution < 1.29 is 5.11 Å². The molecule has 0 atom stereocenters. The maximum atomic E-state index is 9.40. The van der Waals surface area contributed by atoms with Gasteiger partial charge in [-0.05, 0) is 18.6 Å². The van der Waals surface area contributed by atoms with Crippen LogP contribution in [0.2, 0.25) is 0 Å². The fourth-order valence-corrected chi connectivity index (χ4v) is 0.926. The summed E-state index contributed by atoms with van der Waals surface area (Å²) in [7, 11) is 0. The van der Waals surface area contributed by atoms with Crippen LogP contribution in [0.4, 0.5) is 5.69 Å². The zero-order valence-electron chi connectivity index (χ0n) is 6.76. The number of nitrogen functional groups attached to an aromatic ring is 2. The van der Waals surface area contributed by atoms with E-state index < -0.39 is 0 Å². The smallest absolute Gasteiger partial charge is 0.149 e. The van der Waals surface area contributed by atoms with Gasteiger partial charge in [0.15, 0.2) is 0 Å². The summed E-state index contributed by atoms with van der Waals surface area (Å²) in [4.78, 5) is 0. The third-order valence-corrected chi connectivity index (χ3v) is 1.73. The molecule has 0 aliphatic carbocycles. The number of phenolic OH excluding ortho intramolecular Hbond substituents is 1. The van der Waals surface area contributed by atoms with E-state index in [0.717, 1.165) is 5.56 Å². The summed E-state index contributed by atoms with van der Waals surface area (Å²) in [5.41, 5.74) is 12.1. The molecule has 4 nitrogen and oxygen atoms in total. The number of nitrogens with two attached hydrogens (primary N) is 2. The number of anilines is 1. The molecule has 0 bridgehead atoms. The summed E-state index contributed by atoms with van der Waals surface area (Å²) in [6, 6.07) is 3.29. The Morgan fingerprint density at radius 1 is 1.50 bits per heavy atom. The van der Waals surface area contributed by atoms with Crippen LogP contribution in [-0.4, -0.2) is 10.9 Å². The number of benzene rings is 1. The van der Waals surface area contributed by atoms with Crippen molar-refractivity contribution in [2.24, 2.45) is 5.73 Å². The fraction of sp³-hybridized carbons (Fsp3) is 0.125. The van der Waals surface area contributed by atoms with Crippen LogP contribution in [0, 0.1) is 12.3 Å². The Morgan fingerprint density at radius 2 is 2.08 bits per heavy atom. The lowest BCUT2D eigenvalue weighted by Crippen LogP contribution is -2.12. The van der Waals surface area contributed by atoms with Gasteiger partial charge in [0.05, 0.1) is 11.3 Å². The minimum Gasteiger partial charge on any atom is -0.505 e. The van der Waals surface area contributed by atoms with Crippen LogP contribution in [-0.2, 0) is 0 Å². The van der Waals surface area contributed by atoms with Gasteiger partial charge in [0.1, 0.15) is 11.6 Å². The monoisotopic (exact) mass is 165 g/mol. The zero-order chi connectivity index (χ0) is 9.30. The van der Waals surface area contributed by atoms with Gasteiger partial charge in [-0.15, -0.1) is 0 Å². The zero-order valence-corrected chi connectivity index (χ0v) is 6.76. The van der Waals surface area contributed by atoms with Crippen molar-refractivity contribution >= 4 is 11.5 Å². The van der Waals surface area contributed by atoms with E-state index in [4.69, 9.17) is 16.9 Å². The number of rotatable bonds is 1. The molecule has 1 aromatic rings. The predicted molar refractivity (Wildman–Crippen MR) is 48.3 cm³/mol. The van der Waals surface area contributed by atoms with E-state index in [1.807, 2.05) is 0 Å². The molecule has 0 aromatic heterocycles. The van der Waals surface area contributed by atoms with Gasteiger partial charge in [0.2, 0.25) is 0 Å². The second-order valence-corrected chi connectivity index (χ2v) is 2.61. The van der Waals surface area contributed by atoms with E-state index in [1.165, 1.54) is 0 Å². The summed E-state index contributed by atoms with van der Waals surface area (Å²) in [5, 5.41) is 16.5. The molecule has 0 radical (unpaired) electrons. The molecule has 0 amide bonds. The largest absolute Gasteiger partial charge is 0.505 e. The topological polar surface area (TPSA) is 96.1 Å². The average Bonchev–Trinajstić information content (AvgIpc) is 2.00. The molecule has 0 aliphatic rings. The van der Waals surface area contributed by atoms with Gasteiger partial charge >= 0.3 is 0 Å². The first kappa shape index (κ1) is 8.39. The highest BCUT2D eigenvalue weighted by molar-refractivity contribution is 5.99. The average molecular weight is 165 g/mol. The summed E-state index contributed by atoms with van der Waals surface area (Å²) in [5.74, 6) is -0.290. The van der Waals surface area contributed by atoms with E-state index in [2.05, 4.69) is 0 Å². The molecule has 0 saturated heterocycles. The first-order valence-electron chi connectivity index (χ1n) is 3.46. The fourth-order valence-electron chi connectivity index (χ4n) is 0.926. The third kappa shape index (κ3) is 1.18. The van der Waals surface area contributed by atoms with Crippen LogP contribution in [0.1, 0.15) is 11.1 Å². The van der Waals surface area contributed by atoms with Crippen molar-refractivity contribution in [3.05, 3.63) is 23.3 Å². The number of phenols is 1. The minimum atomic E-state index is -0.181. The van der Waals surface area contributed by atoms with Crippen molar-refractivity contribution in [3.63, 3.8) is 0 Å². The second-order valence-electron chi connectivity index (χ2n) is 2.61. The number of aromatic hydroxyl groups is 1.